The molecular formula is C27H27N3O4. The van der Waals surface area contributed by atoms with Crippen molar-refractivity contribution in [2.24, 2.45) is 0 Å². The molecule has 0 bridgehead atoms. The zero-order valence-electron chi connectivity index (χ0n) is 19.4. The van der Waals surface area contributed by atoms with Crippen molar-refractivity contribution < 1.29 is 19.1 Å². The molecule has 3 aromatic rings. The average molecular weight is 458 g/mol. The van der Waals surface area contributed by atoms with E-state index >= 15 is 0 Å². The third-order valence-electron chi connectivity index (χ3n) is 5.80. The number of hydrogen-bond acceptors (Lipinski definition) is 4. The fourth-order valence-electron chi connectivity index (χ4n) is 3.97. The Morgan fingerprint density at radius 3 is 2.29 bits per heavy atom. The van der Waals surface area contributed by atoms with Gasteiger partial charge in [-0.3, -0.25) is 9.59 Å². The van der Waals surface area contributed by atoms with E-state index in [0.717, 1.165) is 16.7 Å². The van der Waals surface area contributed by atoms with Gasteiger partial charge in [-0.1, -0.05) is 42.0 Å². The molecular weight excluding hydrogens is 430 g/mol. The number of amides is 4. The number of methoxy groups -OCH3 is 1. The average Bonchev–Trinajstić information content (AvgIpc) is 3.04. The number of ether oxygens (including phenoxy) is 1. The lowest BCUT2D eigenvalue weighted by Gasteiger charge is -2.22. The predicted molar refractivity (Wildman–Crippen MR) is 131 cm³/mol. The lowest BCUT2D eigenvalue weighted by molar-refractivity contribution is -0.124. The van der Waals surface area contributed by atoms with Gasteiger partial charge in [-0.05, 0) is 61.4 Å². The van der Waals surface area contributed by atoms with Gasteiger partial charge in [0.05, 0.1) is 19.2 Å². The maximum atomic E-state index is 13.4. The zero-order chi connectivity index (χ0) is 24.2. The number of urea groups is 1. The Hall–Kier alpha value is -4.13. The lowest BCUT2D eigenvalue weighted by Crippen LogP contribution is -2.37. The highest BCUT2D eigenvalue weighted by molar-refractivity contribution is 6.22. The SMILES string of the molecule is COc1ccc(NC(=O)CC2C(=O)N(c3cccc(C)c3)C(=O)N2Cc2ccc(C)cc2)cc1. The molecule has 1 unspecified atom stereocenters. The lowest BCUT2D eigenvalue weighted by atomic mass is 10.1. The fourth-order valence-corrected chi connectivity index (χ4v) is 3.97. The number of rotatable bonds is 7. The molecule has 0 saturated carbocycles. The molecule has 0 radical (unpaired) electrons. The van der Waals surface area contributed by atoms with Crippen molar-refractivity contribution in [2.45, 2.75) is 32.9 Å². The standard InChI is InChI=1S/C27H27N3O4/c1-18-7-9-20(10-8-18)17-29-24(16-25(31)28-21-11-13-23(34-3)14-12-21)26(32)30(27(29)33)22-6-4-5-19(2)15-22/h4-15,24H,16-17H2,1-3H3,(H,28,31). The minimum absolute atomic E-state index is 0.148. The van der Waals surface area contributed by atoms with Gasteiger partial charge in [-0.2, -0.15) is 0 Å². The molecule has 4 rings (SSSR count). The van der Waals surface area contributed by atoms with Crippen molar-refractivity contribution in [3.8, 4) is 5.75 Å². The molecule has 34 heavy (non-hydrogen) atoms. The molecule has 3 aromatic carbocycles. The highest BCUT2D eigenvalue weighted by atomic mass is 16.5. The second-order valence-corrected chi connectivity index (χ2v) is 8.41. The van der Waals surface area contributed by atoms with Gasteiger partial charge in [0.1, 0.15) is 11.8 Å². The molecule has 1 aliphatic rings. The smallest absolute Gasteiger partial charge is 0.332 e. The molecule has 7 nitrogen and oxygen atoms in total. The van der Waals surface area contributed by atoms with Gasteiger partial charge in [0.25, 0.3) is 5.91 Å². The van der Waals surface area contributed by atoms with Gasteiger partial charge in [0.15, 0.2) is 0 Å². The van der Waals surface area contributed by atoms with E-state index in [1.807, 2.05) is 44.2 Å². The topological polar surface area (TPSA) is 79.0 Å². The number of nitrogens with zero attached hydrogens (tertiary/aromatic N) is 2. The van der Waals surface area contributed by atoms with Crippen LogP contribution in [-0.4, -0.2) is 35.9 Å². The first-order valence-electron chi connectivity index (χ1n) is 11.1. The Morgan fingerprint density at radius 2 is 1.65 bits per heavy atom. The van der Waals surface area contributed by atoms with Gasteiger partial charge >= 0.3 is 6.03 Å². The van der Waals surface area contributed by atoms with Crippen molar-refractivity contribution in [2.75, 3.05) is 17.3 Å². The molecule has 0 aromatic heterocycles. The van der Waals surface area contributed by atoms with Crippen LogP contribution >= 0.6 is 0 Å². The third-order valence-corrected chi connectivity index (χ3v) is 5.80. The second-order valence-electron chi connectivity index (χ2n) is 8.41. The zero-order valence-corrected chi connectivity index (χ0v) is 19.4. The van der Waals surface area contributed by atoms with Gasteiger partial charge < -0.3 is 15.0 Å². The summed E-state index contributed by atoms with van der Waals surface area (Å²) in [6, 6.07) is 20.6. The number of nitrogens with one attached hydrogen (secondary N) is 1. The van der Waals surface area contributed by atoms with E-state index in [1.165, 1.54) is 9.80 Å². The Kier molecular flexibility index (Phi) is 6.63. The minimum atomic E-state index is -0.910. The quantitative estimate of drug-likeness (QED) is 0.523. The van der Waals surface area contributed by atoms with Crippen LogP contribution in [-0.2, 0) is 16.1 Å². The first-order chi connectivity index (χ1) is 16.4. The monoisotopic (exact) mass is 457 g/mol. The molecule has 4 amide bonds. The summed E-state index contributed by atoms with van der Waals surface area (Å²) in [5, 5.41) is 2.81. The van der Waals surface area contributed by atoms with Gasteiger partial charge in [-0.15, -0.1) is 0 Å². The summed E-state index contributed by atoms with van der Waals surface area (Å²) in [7, 11) is 1.57. The fraction of sp³-hybridized carbons (Fsp3) is 0.222. The van der Waals surface area contributed by atoms with Gasteiger partial charge in [0, 0.05) is 12.2 Å². The first-order valence-corrected chi connectivity index (χ1v) is 11.1. The molecule has 1 fully saturated rings. The molecule has 0 spiro atoms. The summed E-state index contributed by atoms with van der Waals surface area (Å²) < 4.78 is 5.14. The summed E-state index contributed by atoms with van der Waals surface area (Å²) >= 11 is 0. The summed E-state index contributed by atoms with van der Waals surface area (Å²) in [6.07, 6.45) is -0.148. The maximum absolute atomic E-state index is 13.4. The first kappa shape index (κ1) is 23.0. The minimum Gasteiger partial charge on any atom is -0.497 e. The largest absolute Gasteiger partial charge is 0.497 e. The molecule has 1 atom stereocenters. The van der Waals surface area contributed by atoms with Crippen LogP contribution in [0.15, 0.2) is 72.8 Å². The molecule has 0 aliphatic carbocycles. The molecule has 1 aliphatic heterocycles. The molecule has 7 heteroatoms. The Labute approximate surface area is 198 Å². The Bertz CT molecular complexity index is 1210. The van der Waals surface area contributed by atoms with E-state index in [4.69, 9.17) is 4.74 Å². The number of hydrogen-bond donors (Lipinski definition) is 1. The maximum Gasteiger partial charge on any atom is 0.332 e. The van der Waals surface area contributed by atoms with Crippen LogP contribution in [0, 0.1) is 13.8 Å². The molecule has 1 heterocycles. The molecule has 1 saturated heterocycles. The van der Waals surface area contributed by atoms with Gasteiger partial charge in [-0.25, -0.2) is 9.69 Å². The number of imide groups is 1. The van der Waals surface area contributed by atoms with E-state index < -0.39 is 18.0 Å². The van der Waals surface area contributed by atoms with Crippen molar-refractivity contribution in [3.05, 3.63) is 89.5 Å². The van der Waals surface area contributed by atoms with Crippen molar-refractivity contribution in [1.82, 2.24) is 4.90 Å². The number of aryl methyl sites for hydroxylation is 2. The Morgan fingerprint density at radius 1 is 0.941 bits per heavy atom. The number of carbonyl (C=O) groups excluding carboxylic acids is 3. The van der Waals surface area contributed by atoms with Crippen LogP contribution in [0.5, 0.6) is 5.75 Å². The van der Waals surface area contributed by atoms with Crippen LogP contribution in [0.4, 0.5) is 16.2 Å². The van der Waals surface area contributed by atoms with E-state index in [-0.39, 0.29) is 18.9 Å². The van der Waals surface area contributed by atoms with Crippen molar-refractivity contribution >= 4 is 29.2 Å². The van der Waals surface area contributed by atoms with E-state index in [2.05, 4.69) is 5.32 Å². The van der Waals surface area contributed by atoms with E-state index in [1.54, 1.807) is 49.6 Å². The van der Waals surface area contributed by atoms with Crippen LogP contribution < -0.4 is 15.0 Å². The van der Waals surface area contributed by atoms with Crippen LogP contribution in [0.1, 0.15) is 23.1 Å². The number of anilines is 2. The Balaban J connectivity index is 1.59. The van der Waals surface area contributed by atoms with Crippen molar-refractivity contribution in [1.29, 1.82) is 0 Å². The van der Waals surface area contributed by atoms with Crippen LogP contribution in [0.25, 0.3) is 0 Å². The van der Waals surface area contributed by atoms with Gasteiger partial charge in [0.2, 0.25) is 5.91 Å². The van der Waals surface area contributed by atoms with E-state index in [0.29, 0.717) is 17.1 Å². The highest BCUT2D eigenvalue weighted by Crippen LogP contribution is 2.29. The summed E-state index contributed by atoms with van der Waals surface area (Å²) in [4.78, 5) is 42.3. The number of carbonyl (C=O) groups is 3. The third kappa shape index (κ3) is 4.93. The highest BCUT2D eigenvalue weighted by Gasteiger charge is 2.46. The summed E-state index contributed by atoms with van der Waals surface area (Å²) in [5.41, 5.74) is 4.01. The predicted octanol–water partition coefficient (Wildman–Crippen LogP) is 4.68. The summed E-state index contributed by atoms with van der Waals surface area (Å²) in [6.45, 7) is 4.12. The van der Waals surface area contributed by atoms with E-state index in [9.17, 15) is 14.4 Å². The summed E-state index contributed by atoms with van der Waals surface area (Å²) in [5.74, 6) is -0.0865. The van der Waals surface area contributed by atoms with Crippen LogP contribution in [0.2, 0.25) is 0 Å². The van der Waals surface area contributed by atoms with Crippen LogP contribution in [0.3, 0.4) is 0 Å². The molecule has 1 N–H and O–H groups in total. The molecule has 174 valence electrons. The number of benzene rings is 3. The normalized spacial score (nSPS) is 15.6. The second kappa shape index (κ2) is 9.79. The van der Waals surface area contributed by atoms with Crippen molar-refractivity contribution in [3.63, 3.8) is 0 Å².